The van der Waals surface area contributed by atoms with Crippen molar-refractivity contribution in [2.75, 3.05) is 5.32 Å². The maximum absolute atomic E-state index is 12.5. The average molecular weight is 307 g/mol. The maximum atomic E-state index is 12.5. The lowest BCUT2D eigenvalue weighted by atomic mass is 10.3. The highest BCUT2D eigenvalue weighted by molar-refractivity contribution is 5.90. The molecule has 2 heterocycles. The Morgan fingerprint density at radius 3 is 2.61 bits per heavy atom. The van der Waals surface area contributed by atoms with E-state index in [1.165, 1.54) is 4.57 Å². The summed E-state index contributed by atoms with van der Waals surface area (Å²) in [6, 6.07) is 18.0. The van der Waals surface area contributed by atoms with Gasteiger partial charge in [-0.3, -0.25) is 9.56 Å². The van der Waals surface area contributed by atoms with Gasteiger partial charge in [0.15, 0.2) is 0 Å². The third-order valence-electron chi connectivity index (χ3n) is 3.36. The molecule has 0 fully saturated rings. The number of para-hydroxylation sites is 1. The van der Waals surface area contributed by atoms with Crippen molar-refractivity contribution in [2.45, 2.75) is 13.0 Å². The van der Waals surface area contributed by atoms with Gasteiger partial charge in [0, 0.05) is 11.9 Å². The molecule has 0 radical (unpaired) electrons. The third-order valence-corrected chi connectivity index (χ3v) is 3.36. The fourth-order valence-electron chi connectivity index (χ4n) is 2.21. The molecule has 1 atom stereocenters. The van der Waals surface area contributed by atoms with Crippen molar-refractivity contribution < 1.29 is 9.21 Å². The molecule has 0 aliphatic rings. The van der Waals surface area contributed by atoms with E-state index in [9.17, 15) is 4.79 Å². The summed E-state index contributed by atoms with van der Waals surface area (Å²) in [5, 5.41) is 2.85. The van der Waals surface area contributed by atoms with E-state index in [1.54, 1.807) is 24.6 Å². The van der Waals surface area contributed by atoms with Gasteiger partial charge in [-0.2, -0.15) is 0 Å². The molecule has 0 unspecified atom stereocenters. The van der Waals surface area contributed by atoms with Gasteiger partial charge in [0.25, 0.3) is 0 Å². The van der Waals surface area contributed by atoms with Crippen molar-refractivity contribution in [2.24, 2.45) is 4.99 Å². The number of nitrogens with one attached hydrogen (secondary N) is 1. The standard InChI is InChI=1S/C18H17N3O2/c1-14(16-10-7-13-23-16)19-17-11-5-6-12-21(17)18(22)20-15-8-3-2-4-9-15/h2-14H,1H3,(H,20,22)/t14-/m0/s1. The minimum Gasteiger partial charge on any atom is -0.467 e. The molecule has 0 aliphatic carbocycles. The molecule has 0 spiro atoms. The van der Waals surface area contributed by atoms with Gasteiger partial charge in [-0.1, -0.05) is 24.3 Å². The van der Waals surface area contributed by atoms with Crippen LogP contribution in [0, 0.1) is 0 Å². The lowest BCUT2D eigenvalue weighted by Crippen LogP contribution is -2.31. The molecular weight excluding hydrogens is 290 g/mol. The van der Waals surface area contributed by atoms with Crippen molar-refractivity contribution in [3.05, 3.63) is 84.4 Å². The topological polar surface area (TPSA) is 59.5 Å². The number of carbonyl (C=O) groups is 1. The molecule has 116 valence electrons. The lowest BCUT2D eigenvalue weighted by molar-refractivity contribution is 0.252. The Labute approximate surface area is 133 Å². The van der Waals surface area contributed by atoms with E-state index in [0.717, 1.165) is 11.4 Å². The molecule has 3 aromatic rings. The number of carbonyl (C=O) groups excluding carboxylic acids is 1. The summed E-state index contributed by atoms with van der Waals surface area (Å²) in [6.45, 7) is 1.92. The first-order valence-corrected chi connectivity index (χ1v) is 7.35. The molecule has 0 bridgehead atoms. The van der Waals surface area contributed by atoms with E-state index in [1.807, 2.05) is 55.5 Å². The van der Waals surface area contributed by atoms with Crippen molar-refractivity contribution in [3.8, 4) is 0 Å². The molecule has 1 amide bonds. The van der Waals surface area contributed by atoms with Gasteiger partial charge in [-0.15, -0.1) is 0 Å². The molecule has 1 aromatic carbocycles. The summed E-state index contributed by atoms with van der Waals surface area (Å²) in [5.74, 6) is 0.754. The Kier molecular flexibility index (Phi) is 4.38. The van der Waals surface area contributed by atoms with Crippen LogP contribution in [0.4, 0.5) is 10.5 Å². The van der Waals surface area contributed by atoms with Crippen LogP contribution in [0.1, 0.15) is 18.7 Å². The Balaban J connectivity index is 1.90. The molecule has 5 nitrogen and oxygen atoms in total. The first-order valence-electron chi connectivity index (χ1n) is 7.35. The summed E-state index contributed by atoms with van der Waals surface area (Å²) >= 11 is 0. The van der Waals surface area contributed by atoms with Crippen LogP contribution >= 0.6 is 0 Å². The second-order valence-electron chi connectivity index (χ2n) is 5.05. The highest BCUT2D eigenvalue weighted by Crippen LogP contribution is 2.15. The summed E-state index contributed by atoms with van der Waals surface area (Å²) in [5.41, 5.74) is 1.30. The van der Waals surface area contributed by atoms with Gasteiger partial charge in [-0.05, 0) is 43.3 Å². The van der Waals surface area contributed by atoms with Crippen LogP contribution in [0.5, 0.6) is 0 Å². The zero-order valence-corrected chi connectivity index (χ0v) is 12.7. The first-order chi connectivity index (χ1) is 11.2. The average Bonchev–Trinajstić information content (AvgIpc) is 3.11. The van der Waals surface area contributed by atoms with E-state index in [2.05, 4.69) is 10.3 Å². The maximum Gasteiger partial charge on any atom is 0.331 e. The molecule has 2 aromatic heterocycles. The van der Waals surface area contributed by atoms with Crippen LogP contribution in [0.15, 0.2) is 82.5 Å². The fourth-order valence-corrected chi connectivity index (χ4v) is 2.21. The minimum absolute atomic E-state index is 0.178. The summed E-state index contributed by atoms with van der Waals surface area (Å²) < 4.78 is 6.84. The number of nitrogens with zero attached hydrogens (tertiary/aromatic N) is 2. The Bertz CT molecular complexity index is 836. The highest BCUT2D eigenvalue weighted by Gasteiger charge is 2.09. The monoisotopic (exact) mass is 307 g/mol. The van der Waals surface area contributed by atoms with Crippen LogP contribution in [0.25, 0.3) is 0 Å². The Morgan fingerprint density at radius 2 is 1.87 bits per heavy atom. The van der Waals surface area contributed by atoms with E-state index < -0.39 is 0 Å². The number of rotatable bonds is 3. The van der Waals surface area contributed by atoms with Crippen LogP contribution in [0.2, 0.25) is 0 Å². The van der Waals surface area contributed by atoms with Crippen LogP contribution in [0.3, 0.4) is 0 Å². The second kappa shape index (κ2) is 6.79. The number of furan rings is 1. The van der Waals surface area contributed by atoms with Crippen molar-refractivity contribution >= 4 is 11.7 Å². The van der Waals surface area contributed by atoms with Gasteiger partial charge in [0.05, 0.1) is 6.26 Å². The molecule has 5 heteroatoms. The van der Waals surface area contributed by atoms with Crippen molar-refractivity contribution in [3.63, 3.8) is 0 Å². The predicted molar refractivity (Wildman–Crippen MR) is 88.0 cm³/mol. The van der Waals surface area contributed by atoms with Crippen molar-refractivity contribution in [1.82, 2.24) is 4.57 Å². The number of anilines is 1. The van der Waals surface area contributed by atoms with Gasteiger partial charge < -0.3 is 9.73 Å². The number of benzene rings is 1. The van der Waals surface area contributed by atoms with Gasteiger partial charge >= 0.3 is 6.03 Å². The Hall–Kier alpha value is -3.08. The number of aromatic nitrogens is 1. The smallest absolute Gasteiger partial charge is 0.331 e. The third kappa shape index (κ3) is 3.58. The van der Waals surface area contributed by atoms with Crippen LogP contribution in [-0.2, 0) is 0 Å². The van der Waals surface area contributed by atoms with E-state index in [-0.39, 0.29) is 12.1 Å². The second-order valence-corrected chi connectivity index (χ2v) is 5.05. The number of pyridine rings is 1. The normalized spacial score (nSPS) is 12.8. The highest BCUT2D eigenvalue weighted by atomic mass is 16.3. The lowest BCUT2D eigenvalue weighted by Gasteiger charge is -2.09. The largest absolute Gasteiger partial charge is 0.467 e. The minimum atomic E-state index is -0.262. The first kappa shape index (κ1) is 14.8. The Morgan fingerprint density at radius 1 is 1.09 bits per heavy atom. The molecular formula is C18H17N3O2. The summed E-state index contributed by atoms with van der Waals surface area (Å²) in [7, 11) is 0. The molecule has 0 saturated heterocycles. The SMILES string of the molecule is C[C@H](N=c1ccccn1C(=O)Nc1ccccc1)c1ccco1. The summed E-state index contributed by atoms with van der Waals surface area (Å²) in [4.78, 5) is 17.0. The molecule has 0 aliphatic heterocycles. The zero-order valence-electron chi connectivity index (χ0n) is 12.7. The van der Waals surface area contributed by atoms with E-state index >= 15 is 0 Å². The quantitative estimate of drug-likeness (QED) is 0.799. The van der Waals surface area contributed by atoms with Gasteiger partial charge in [0.2, 0.25) is 0 Å². The number of amides is 1. The van der Waals surface area contributed by atoms with E-state index in [4.69, 9.17) is 4.42 Å². The number of hydrogen-bond donors (Lipinski definition) is 1. The van der Waals surface area contributed by atoms with Gasteiger partial charge in [-0.25, -0.2) is 4.79 Å². The van der Waals surface area contributed by atoms with Crippen molar-refractivity contribution in [1.29, 1.82) is 0 Å². The molecule has 1 N–H and O–H groups in total. The zero-order chi connectivity index (χ0) is 16.1. The van der Waals surface area contributed by atoms with Crippen LogP contribution in [-0.4, -0.2) is 10.6 Å². The number of hydrogen-bond acceptors (Lipinski definition) is 3. The molecule has 0 saturated carbocycles. The van der Waals surface area contributed by atoms with Crippen LogP contribution < -0.4 is 10.8 Å². The molecule has 3 rings (SSSR count). The molecule has 23 heavy (non-hydrogen) atoms. The fraction of sp³-hybridized carbons (Fsp3) is 0.111. The van der Waals surface area contributed by atoms with Gasteiger partial charge in [0.1, 0.15) is 17.3 Å². The predicted octanol–water partition coefficient (Wildman–Crippen LogP) is 3.82. The summed E-state index contributed by atoms with van der Waals surface area (Å²) in [6.07, 6.45) is 3.30. The van der Waals surface area contributed by atoms with E-state index in [0.29, 0.717) is 5.49 Å².